The monoisotopic (exact) mass is 384 g/mol. The average molecular weight is 384 g/mol. The zero-order valence-electron chi connectivity index (χ0n) is 15.9. The highest BCUT2D eigenvalue weighted by molar-refractivity contribution is 6.51. The lowest BCUT2D eigenvalue weighted by molar-refractivity contribution is -0.132. The summed E-state index contributed by atoms with van der Waals surface area (Å²) in [6.45, 7) is 2.04. The third-order valence-corrected chi connectivity index (χ3v) is 5.08. The molecule has 2 heterocycles. The Balaban J connectivity index is 1.91. The van der Waals surface area contributed by atoms with E-state index in [4.69, 9.17) is 0 Å². The van der Waals surface area contributed by atoms with Crippen LogP contribution in [0.5, 0.6) is 0 Å². The first-order valence-corrected chi connectivity index (χ1v) is 9.48. The molecule has 144 valence electrons. The molecule has 1 atom stereocenters. The molecule has 5 heteroatoms. The number of amides is 1. The zero-order valence-corrected chi connectivity index (χ0v) is 15.9. The first kappa shape index (κ1) is 18.6. The molecule has 1 aromatic heterocycles. The van der Waals surface area contributed by atoms with Gasteiger partial charge in [-0.3, -0.25) is 19.5 Å². The van der Waals surface area contributed by atoms with Crippen LogP contribution in [0.15, 0.2) is 84.6 Å². The molecular weight excluding hydrogens is 364 g/mol. The summed E-state index contributed by atoms with van der Waals surface area (Å²) >= 11 is 0. The number of carbonyl (C=O) groups is 2. The van der Waals surface area contributed by atoms with E-state index < -0.39 is 17.7 Å². The smallest absolute Gasteiger partial charge is 0.300 e. The number of pyridine rings is 1. The lowest BCUT2D eigenvalue weighted by atomic mass is 9.97. The lowest BCUT2D eigenvalue weighted by Crippen LogP contribution is -2.29. The quantitative estimate of drug-likeness (QED) is 0.414. The van der Waals surface area contributed by atoms with E-state index in [9.17, 15) is 14.7 Å². The first-order valence-electron chi connectivity index (χ1n) is 9.48. The van der Waals surface area contributed by atoms with Crippen LogP contribution in [0, 0.1) is 0 Å². The van der Waals surface area contributed by atoms with E-state index in [0.29, 0.717) is 16.9 Å². The maximum atomic E-state index is 13.0. The van der Waals surface area contributed by atoms with Gasteiger partial charge >= 0.3 is 0 Å². The van der Waals surface area contributed by atoms with Gasteiger partial charge in [-0.25, -0.2) is 0 Å². The summed E-state index contributed by atoms with van der Waals surface area (Å²) in [4.78, 5) is 31.7. The Labute approximate surface area is 169 Å². The Morgan fingerprint density at radius 1 is 0.966 bits per heavy atom. The van der Waals surface area contributed by atoms with Crippen LogP contribution in [0.1, 0.15) is 29.8 Å². The van der Waals surface area contributed by atoms with E-state index >= 15 is 0 Å². The van der Waals surface area contributed by atoms with Gasteiger partial charge in [-0.1, -0.05) is 55.5 Å². The van der Waals surface area contributed by atoms with Crippen molar-refractivity contribution in [3.8, 4) is 0 Å². The van der Waals surface area contributed by atoms with Crippen molar-refractivity contribution in [3.05, 3.63) is 101 Å². The summed E-state index contributed by atoms with van der Waals surface area (Å²) in [7, 11) is 0. The molecule has 1 saturated heterocycles. The molecule has 4 rings (SSSR count). The van der Waals surface area contributed by atoms with Crippen molar-refractivity contribution in [1.82, 2.24) is 4.98 Å². The summed E-state index contributed by atoms with van der Waals surface area (Å²) in [6.07, 6.45) is 2.48. The van der Waals surface area contributed by atoms with Crippen LogP contribution >= 0.6 is 0 Å². The molecule has 0 saturated carbocycles. The Morgan fingerprint density at radius 2 is 1.66 bits per heavy atom. The van der Waals surface area contributed by atoms with Crippen molar-refractivity contribution in [2.75, 3.05) is 4.90 Å². The number of anilines is 1. The van der Waals surface area contributed by atoms with Gasteiger partial charge in [0.05, 0.1) is 11.3 Å². The molecule has 1 aliphatic rings. The summed E-state index contributed by atoms with van der Waals surface area (Å²) in [5.41, 5.74) is 2.75. The molecule has 1 amide bonds. The molecule has 0 radical (unpaired) electrons. The van der Waals surface area contributed by atoms with Crippen molar-refractivity contribution in [2.24, 2.45) is 0 Å². The summed E-state index contributed by atoms with van der Waals surface area (Å²) in [5, 5.41) is 11.0. The highest BCUT2D eigenvalue weighted by Crippen LogP contribution is 2.41. The van der Waals surface area contributed by atoms with Gasteiger partial charge in [-0.05, 0) is 36.2 Å². The second-order valence-corrected chi connectivity index (χ2v) is 6.81. The number of Topliss-reactive ketones (excluding diaryl/α,β-unsaturated/α-hetero) is 1. The van der Waals surface area contributed by atoms with Gasteiger partial charge in [0.1, 0.15) is 11.8 Å². The van der Waals surface area contributed by atoms with Crippen LogP contribution in [-0.4, -0.2) is 21.8 Å². The fourth-order valence-electron chi connectivity index (χ4n) is 3.56. The number of hydrogen-bond acceptors (Lipinski definition) is 4. The Hall–Kier alpha value is -3.73. The van der Waals surface area contributed by atoms with Crippen molar-refractivity contribution < 1.29 is 14.7 Å². The molecule has 5 nitrogen and oxygen atoms in total. The zero-order chi connectivity index (χ0) is 20.4. The van der Waals surface area contributed by atoms with Crippen molar-refractivity contribution in [1.29, 1.82) is 0 Å². The molecule has 3 aromatic rings. The van der Waals surface area contributed by atoms with Gasteiger partial charge < -0.3 is 5.11 Å². The molecule has 0 spiro atoms. The van der Waals surface area contributed by atoms with Crippen LogP contribution < -0.4 is 4.90 Å². The number of aliphatic hydroxyl groups is 1. The minimum Gasteiger partial charge on any atom is -0.507 e. The number of ketones is 1. The van der Waals surface area contributed by atoms with Crippen LogP contribution in [-0.2, 0) is 16.0 Å². The molecule has 0 bridgehead atoms. The highest BCUT2D eigenvalue weighted by atomic mass is 16.3. The standard InChI is InChI=1S/C24H20N2O3/c1-2-16-11-13-17(14-12-16)22(27)20-21(19-10-6-7-15-25-19)26(24(29)23(20)28)18-8-4-3-5-9-18/h3-15,21,27H,2H2,1H3/b22-20-. The number of carbonyl (C=O) groups excluding carboxylic acids is 2. The summed E-state index contributed by atoms with van der Waals surface area (Å²) < 4.78 is 0. The lowest BCUT2D eigenvalue weighted by Gasteiger charge is -2.24. The maximum Gasteiger partial charge on any atom is 0.300 e. The highest BCUT2D eigenvalue weighted by Gasteiger charge is 2.47. The fourth-order valence-corrected chi connectivity index (χ4v) is 3.56. The normalized spacial score (nSPS) is 18.2. The van der Waals surface area contributed by atoms with Gasteiger partial charge in [0.25, 0.3) is 11.7 Å². The number of hydrogen-bond donors (Lipinski definition) is 1. The number of aromatic nitrogens is 1. The van der Waals surface area contributed by atoms with Gasteiger partial charge in [-0.15, -0.1) is 0 Å². The van der Waals surface area contributed by atoms with E-state index in [0.717, 1.165) is 12.0 Å². The SMILES string of the molecule is CCc1ccc(/C(O)=C2/C(=O)C(=O)N(c3ccccc3)C2c2ccccn2)cc1. The molecular formula is C24H20N2O3. The van der Waals surface area contributed by atoms with E-state index in [2.05, 4.69) is 4.98 Å². The van der Waals surface area contributed by atoms with Crippen molar-refractivity contribution >= 4 is 23.1 Å². The molecule has 0 aliphatic carbocycles. The first-order chi connectivity index (χ1) is 14.1. The Morgan fingerprint density at radius 3 is 2.28 bits per heavy atom. The van der Waals surface area contributed by atoms with Gasteiger partial charge in [0.2, 0.25) is 0 Å². The molecule has 1 fully saturated rings. The number of aliphatic hydroxyl groups excluding tert-OH is 1. The molecule has 2 aromatic carbocycles. The average Bonchev–Trinajstić information content (AvgIpc) is 3.05. The van der Waals surface area contributed by atoms with E-state index in [-0.39, 0.29) is 11.3 Å². The van der Waals surface area contributed by atoms with Gasteiger partial charge in [0.15, 0.2) is 0 Å². The second-order valence-electron chi connectivity index (χ2n) is 6.81. The second kappa shape index (κ2) is 7.72. The molecule has 1 aliphatic heterocycles. The largest absolute Gasteiger partial charge is 0.507 e. The Kier molecular flexibility index (Phi) is 4.96. The fraction of sp³-hybridized carbons (Fsp3) is 0.125. The number of para-hydroxylation sites is 1. The Bertz CT molecular complexity index is 1070. The van der Waals surface area contributed by atoms with Gasteiger partial charge in [-0.2, -0.15) is 0 Å². The molecule has 1 N–H and O–H groups in total. The topological polar surface area (TPSA) is 70.5 Å². The van der Waals surface area contributed by atoms with Gasteiger partial charge in [0, 0.05) is 17.4 Å². The molecule has 29 heavy (non-hydrogen) atoms. The van der Waals surface area contributed by atoms with E-state index in [1.807, 2.05) is 25.1 Å². The summed E-state index contributed by atoms with van der Waals surface area (Å²) in [5.74, 6) is -1.60. The minimum absolute atomic E-state index is 0.0433. The number of benzene rings is 2. The molecule has 1 unspecified atom stereocenters. The van der Waals surface area contributed by atoms with E-state index in [1.54, 1.807) is 60.8 Å². The predicted octanol–water partition coefficient (Wildman–Crippen LogP) is 4.27. The van der Waals surface area contributed by atoms with E-state index in [1.165, 1.54) is 4.90 Å². The maximum absolute atomic E-state index is 13.0. The number of nitrogens with zero attached hydrogens (tertiary/aromatic N) is 2. The number of aryl methyl sites for hydroxylation is 1. The van der Waals surface area contributed by atoms with Crippen molar-refractivity contribution in [3.63, 3.8) is 0 Å². The van der Waals surface area contributed by atoms with Crippen LogP contribution in [0.2, 0.25) is 0 Å². The van der Waals surface area contributed by atoms with Crippen LogP contribution in [0.3, 0.4) is 0 Å². The van der Waals surface area contributed by atoms with Crippen molar-refractivity contribution in [2.45, 2.75) is 19.4 Å². The summed E-state index contributed by atoms with van der Waals surface area (Å²) in [6, 6.07) is 20.8. The van der Waals surface area contributed by atoms with Crippen LogP contribution in [0.25, 0.3) is 5.76 Å². The third kappa shape index (κ3) is 3.31. The minimum atomic E-state index is -0.801. The third-order valence-electron chi connectivity index (χ3n) is 5.08. The van der Waals surface area contributed by atoms with Crippen LogP contribution in [0.4, 0.5) is 5.69 Å². The number of rotatable bonds is 4. The predicted molar refractivity (Wildman–Crippen MR) is 111 cm³/mol.